The van der Waals surface area contributed by atoms with Gasteiger partial charge in [-0.05, 0) is 43.0 Å². The van der Waals surface area contributed by atoms with Crippen LogP contribution in [0.4, 0.5) is 5.69 Å². The van der Waals surface area contributed by atoms with Gasteiger partial charge in [-0.2, -0.15) is 0 Å². The summed E-state index contributed by atoms with van der Waals surface area (Å²) in [6.45, 7) is 6.06. The number of nitrogens with one attached hydrogen (secondary N) is 1. The van der Waals surface area contributed by atoms with Crippen LogP contribution in [0.25, 0.3) is 0 Å². The first-order valence-electron chi connectivity index (χ1n) is 7.73. The van der Waals surface area contributed by atoms with Crippen LogP contribution in [0.2, 0.25) is 0 Å². The fourth-order valence-electron chi connectivity index (χ4n) is 2.25. The zero-order valence-electron chi connectivity index (χ0n) is 13.4. The molecule has 3 nitrogen and oxygen atoms in total. The highest BCUT2D eigenvalue weighted by Crippen LogP contribution is 2.26. The number of rotatable bonds is 6. The molecule has 3 heteroatoms. The molecule has 0 bridgehead atoms. The third-order valence-corrected chi connectivity index (χ3v) is 3.79. The summed E-state index contributed by atoms with van der Waals surface area (Å²) in [6, 6.07) is 17.3. The molecule has 0 spiro atoms. The zero-order chi connectivity index (χ0) is 15.9. The van der Waals surface area contributed by atoms with Crippen molar-refractivity contribution in [1.29, 1.82) is 0 Å². The third kappa shape index (κ3) is 4.10. The SMILES string of the molecule is CC[C@@H](C)c1ccccc1NC(=O)[C@H](C)Oc1ccccc1. The first kappa shape index (κ1) is 16.1. The van der Waals surface area contributed by atoms with Crippen molar-refractivity contribution < 1.29 is 9.53 Å². The molecule has 0 radical (unpaired) electrons. The van der Waals surface area contributed by atoms with Crippen LogP contribution in [-0.4, -0.2) is 12.0 Å². The number of amides is 1. The van der Waals surface area contributed by atoms with Crippen molar-refractivity contribution in [1.82, 2.24) is 0 Å². The Labute approximate surface area is 132 Å². The minimum Gasteiger partial charge on any atom is -0.481 e. The van der Waals surface area contributed by atoms with E-state index in [4.69, 9.17) is 4.74 Å². The summed E-state index contributed by atoms with van der Waals surface area (Å²) in [4.78, 5) is 12.3. The number of hydrogen-bond acceptors (Lipinski definition) is 2. The molecule has 22 heavy (non-hydrogen) atoms. The quantitative estimate of drug-likeness (QED) is 0.845. The van der Waals surface area contributed by atoms with Crippen molar-refractivity contribution >= 4 is 11.6 Å². The van der Waals surface area contributed by atoms with E-state index in [1.807, 2.05) is 48.5 Å². The highest BCUT2D eigenvalue weighted by molar-refractivity contribution is 5.94. The summed E-state index contributed by atoms with van der Waals surface area (Å²) in [5.74, 6) is 0.960. The van der Waals surface area contributed by atoms with Gasteiger partial charge in [-0.3, -0.25) is 4.79 Å². The Balaban J connectivity index is 2.05. The third-order valence-electron chi connectivity index (χ3n) is 3.79. The average Bonchev–Trinajstić information content (AvgIpc) is 2.55. The highest BCUT2D eigenvalue weighted by atomic mass is 16.5. The predicted octanol–water partition coefficient (Wildman–Crippen LogP) is 4.61. The summed E-state index contributed by atoms with van der Waals surface area (Å²) < 4.78 is 5.66. The summed E-state index contributed by atoms with van der Waals surface area (Å²) in [6.07, 6.45) is 0.482. The summed E-state index contributed by atoms with van der Waals surface area (Å²) in [5.41, 5.74) is 2.02. The fraction of sp³-hybridized carbons (Fsp3) is 0.316. The Hall–Kier alpha value is -2.29. The van der Waals surface area contributed by atoms with Gasteiger partial charge in [0.15, 0.2) is 6.10 Å². The monoisotopic (exact) mass is 297 g/mol. The Morgan fingerprint density at radius 2 is 1.68 bits per heavy atom. The molecule has 1 amide bonds. The molecular weight excluding hydrogens is 274 g/mol. The van der Waals surface area contributed by atoms with Crippen molar-refractivity contribution in [2.75, 3.05) is 5.32 Å². The molecular formula is C19H23NO2. The molecule has 0 heterocycles. The van der Waals surface area contributed by atoms with E-state index in [-0.39, 0.29) is 5.91 Å². The van der Waals surface area contributed by atoms with Crippen LogP contribution in [-0.2, 0) is 4.79 Å². The Morgan fingerprint density at radius 3 is 2.36 bits per heavy atom. The van der Waals surface area contributed by atoms with Crippen LogP contribution in [0, 0.1) is 0 Å². The van der Waals surface area contributed by atoms with Crippen molar-refractivity contribution in [2.24, 2.45) is 0 Å². The van der Waals surface area contributed by atoms with Crippen LogP contribution in [0.3, 0.4) is 0 Å². The molecule has 0 fully saturated rings. The smallest absolute Gasteiger partial charge is 0.265 e. The van der Waals surface area contributed by atoms with E-state index >= 15 is 0 Å². The molecule has 0 unspecified atom stereocenters. The summed E-state index contributed by atoms with van der Waals surface area (Å²) >= 11 is 0. The van der Waals surface area contributed by atoms with Gasteiger partial charge in [0.1, 0.15) is 5.75 Å². The number of para-hydroxylation sites is 2. The number of benzene rings is 2. The number of carbonyl (C=O) groups excluding carboxylic acids is 1. The first-order valence-corrected chi connectivity index (χ1v) is 7.73. The van der Waals surface area contributed by atoms with Crippen LogP contribution < -0.4 is 10.1 Å². The normalized spacial score (nSPS) is 13.2. The molecule has 0 saturated carbocycles. The molecule has 2 aromatic rings. The van der Waals surface area contributed by atoms with E-state index < -0.39 is 6.10 Å². The van der Waals surface area contributed by atoms with Crippen LogP contribution in [0.15, 0.2) is 54.6 Å². The van der Waals surface area contributed by atoms with Gasteiger partial charge in [0.05, 0.1) is 0 Å². The van der Waals surface area contributed by atoms with E-state index in [9.17, 15) is 4.79 Å². The average molecular weight is 297 g/mol. The van der Waals surface area contributed by atoms with Gasteiger partial charge >= 0.3 is 0 Å². The first-order chi connectivity index (χ1) is 10.6. The van der Waals surface area contributed by atoms with Gasteiger partial charge in [0.2, 0.25) is 0 Å². The molecule has 2 aromatic carbocycles. The molecule has 0 saturated heterocycles. The van der Waals surface area contributed by atoms with Crippen LogP contribution in [0.5, 0.6) is 5.75 Å². The Kier molecular flexibility index (Phi) is 5.59. The second-order valence-electron chi connectivity index (χ2n) is 5.46. The highest BCUT2D eigenvalue weighted by Gasteiger charge is 2.17. The Bertz CT molecular complexity index is 610. The van der Waals surface area contributed by atoms with E-state index in [0.29, 0.717) is 11.7 Å². The standard InChI is InChI=1S/C19H23NO2/c1-4-14(2)17-12-8-9-13-18(17)20-19(21)15(3)22-16-10-6-5-7-11-16/h5-15H,4H2,1-3H3,(H,20,21)/t14-,15+/m1/s1. The minimum atomic E-state index is -0.549. The van der Waals surface area contributed by atoms with E-state index in [1.165, 1.54) is 0 Å². The van der Waals surface area contributed by atoms with Crippen molar-refractivity contribution in [3.63, 3.8) is 0 Å². The fourth-order valence-corrected chi connectivity index (χ4v) is 2.25. The lowest BCUT2D eigenvalue weighted by Crippen LogP contribution is -2.30. The summed E-state index contributed by atoms with van der Waals surface area (Å²) in [7, 11) is 0. The van der Waals surface area contributed by atoms with Crippen molar-refractivity contribution in [2.45, 2.75) is 39.2 Å². The molecule has 0 aliphatic carbocycles. The maximum Gasteiger partial charge on any atom is 0.265 e. The summed E-state index contributed by atoms with van der Waals surface area (Å²) in [5, 5.41) is 2.98. The van der Waals surface area contributed by atoms with Gasteiger partial charge < -0.3 is 10.1 Å². The maximum absolute atomic E-state index is 12.3. The molecule has 0 aliphatic rings. The van der Waals surface area contributed by atoms with Gasteiger partial charge in [-0.25, -0.2) is 0 Å². The lowest BCUT2D eigenvalue weighted by Gasteiger charge is -2.18. The minimum absolute atomic E-state index is 0.139. The molecule has 2 rings (SSSR count). The van der Waals surface area contributed by atoms with E-state index in [2.05, 4.69) is 25.2 Å². The van der Waals surface area contributed by atoms with Gasteiger partial charge in [-0.15, -0.1) is 0 Å². The number of hydrogen-bond donors (Lipinski definition) is 1. The van der Waals surface area contributed by atoms with Crippen LogP contribution >= 0.6 is 0 Å². The second kappa shape index (κ2) is 7.64. The van der Waals surface area contributed by atoms with Gasteiger partial charge in [0, 0.05) is 5.69 Å². The largest absolute Gasteiger partial charge is 0.481 e. The lowest BCUT2D eigenvalue weighted by atomic mass is 9.97. The zero-order valence-corrected chi connectivity index (χ0v) is 13.4. The molecule has 1 N–H and O–H groups in total. The maximum atomic E-state index is 12.3. The Morgan fingerprint density at radius 1 is 1.05 bits per heavy atom. The molecule has 2 atom stereocenters. The van der Waals surface area contributed by atoms with Gasteiger partial charge in [-0.1, -0.05) is 50.2 Å². The number of carbonyl (C=O) groups is 1. The van der Waals surface area contributed by atoms with E-state index in [1.54, 1.807) is 6.92 Å². The topological polar surface area (TPSA) is 38.3 Å². The predicted molar refractivity (Wildman–Crippen MR) is 90.3 cm³/mol. The van der Waals surface area contributed by atoms with Crippen molar-refractivity contribution in [3.05, 3.63) is 60.2 Å². The molecule has 116 valence electrons. The molecule has 0 aliphatic heterocycles. The second-order valence-corrected chi connectivity index (χ2v) is 5.46. The lowest BCUT2D eigenvalue weighted by molar-refractivity contribution is -0.122. The number of anilines is 1. The number of ether oxygens (including phenoxy) is 1. The van der Waals surface area contributed by atoms with Gasteiger partial charge in [0.25, 0.3) is 5.91 Å². The van der Waals surface area contributed by atoms with Crippen molar-refractivity contribution in [3.8, 4) is 5.75 Å². The molecule has 0 aromatic heterocycles. The van der Waals surface area contributed by atoms with E-state index in [0.717, 1.165) is 17.7 Å². The van der Waals surface area contributed by atoms with Crippen LogP contribution in [0.1, 0.15) is 38.7 Å².